The maximum atomic E-state index is 7.15. The van der Waals surface area contributed by atoms with Crippen molar-refractivity contribution in [3.8, 4) is 23.0 Å². The van der Waals surface area contributed by atoms with Crippen LogP contribution in [0.5, 0.6) is 23.0 Å². The Morgan fingerprint density at radius 3 is 2.39 bits per heavy atom. The van der Waals surface area contributed by atoms with Gasteiger partial charge in [-0.15, -0.1) is 0 Å². The molecule has 0 saturated carbocycles. The molecule has 0 spiro atoms. The average Bonchev–Trinajstić information content (AvgIpc) is 3.39. The number of hydrogen-bond donors (Lipinski definition) is 2. The van der Waals surface area contributed by atoms with Gasteiger partial charge in [0.05, 0.1) is 22.4 Å². The predicted molar refractivity (Wildman–Crippen MR) is 182 cm³/mol. The van der Waals surface area contributed by atoms with Crippen LogP contribution in [0, 0.1) is 6.92 Å². The molecule has 7 rings (SSSR count). The maximum absolute atomic E-state index is 7.15. The number of anilines is 2. The van der Waals surface area contributed by atoms with Crippen LogP contribution >= 0.6 is 11.8 Å². The first-order valence-corrected chi connectivity index (χ1v) is 16.5. The number of aryl methyl sites for hydroxylation is 1. The second-order valence-electron chi connectivity index (χ2n) is 11.6. The van der Waals surface area contributed by atoms with Crippen LogP contribution in [0.25, 0.3) is 10.8 Å². The van der Waals surface area contributed by atoms with E-state index >= 15 is 0 Å². The van der Waals surface area contributed by atoms with Crippen molar-refractivity contribution in [2.75, 3.05) is 18.5 Å². The summed E-state index contributed by atoms with van der Waals surface area (Å²) < 4.78 is 14.1. The fourth-order valence-corrected chi connectivity index (χ4v) is 7.75. The zero-order chi connectivity index (χ0) is 30.2. The van der Waals surface area contributed by atoms with E-state index in [-0.39, 0.29) is 12.2 Å². The van der Waals surface area contributed by atoms with Crippen LogP contribution in [0.15, 0.2) is 101 Å². The first-order valence-electron chi connectivity index (χ1n) is 15.7. The number of rotatable bonds is 9. The van der Waals surface area contributed by atoms with Crippen molar-refractivity contribution < 1.29 is 9.47 Å². The van der Waals surface area contributed by atoms with Crippen molar-refractivity contribution in [1.29, 1.82) is 0 Å². The second kappa shape index (κ2) is 12.2. The third-order valence-electron chi connectivity index (χ3n) is 8.74. The SMILES string of the molecule is CCCCCN1c2ccccc2Sc2c(Oc3cccc4ccccc34)c(Oc3ccccc3C)c3c(c21)C(C)NC3NC. The molecular formula is C38H39N3O2S. The third kappa shape index (κ3) is 5.01. The quantitative estimate of drug-likeness (QED) is 0.164. The summed E-state index contributed by atoms with van der Waals surface area (Å²) in [6.45, 7) is 7.55. The van der Waals surface area contributed by atoms with Crippen molar-refractivity contribution in [2.24, 2.45) is 0 Å². The zero-order valence-corrected chi connectivity index (χ0v) is 26.6. The lowest BCUT2D eigenvalue weighted by atomic mass is 9.98. The molecule has 2 aliphatic rings. The van der Waals surface area contributed by atoms with Gasteiger partial charge in [0, 0.05) is 34.0 Å². The summed E-state index contributed by atoms with van der Waals surface area (Å²) in [4.78, 5) is 4.87. The molecule has 0 amide bonds. The van der Waals surface area contributed by atoms with Crippen molar-refractivity contribution in [3.05, 3.63) is 108 Å². The Bertz CT molecular complexity index is 1830. The van der Waals surface area contributed by atoms with Gasteiger partial charge in [-0.05, 0) is 62.5 Å². The van der Waals surface area contributed by atoms with Gasteiger partial charge in [-0.3, -0.25) is 5.32 Å². The smallest absolute Gasteiger partial charge is 0.186 e. The first kappa shape index (κ1) is 28.8. The molecule has 2 atom stereocenters. The molecule has 0 fully saturated rings. The largest absolute Gasteiger partial charge is 0.453 e. The van der Waals surface area contributed by atoms with Crippen molar-refractivity contribution in [2.45, 2.75) is 62.0 Å². The molecule has 0 aliphatic carbocycles. The highest BCUT2D eigenvalue weighted by atomic mass is 32.2. The number of nitrogens with one attached hydrogen (secondary N) is 2. The van der Waals surface area contributed by atoms with E-state index in [1.807, 2.05) is 25.2 Å². The summed E-state index contributed by atoms with van der Waals surface area (Å²) in [6.07, 6.45) is 3.37. The van der Waals surface area contributed by atoms with Crippen LogP contribution in [-0.4, -0.2) is 13.6 Å². The fourth-order valence-electron chi connectivity index (χ4n) is 6.56. The molecule has 2 N–H and O–H groups in total. The molecule has 2 aliphatic heterocycles. The highest BCUT2D eigenvalue weighted by molar-refractivity contribution is 7.99. The Morgan fingerprint density at radius 1 is 0.818 bits per heavy atom. The molecular weight excluding hydrogens is 563 g/mol. The van der Waals surface area contributed by atoms with Gasteiger partial charge < -0.3 is 19.7 Å². The number of benzene rings is 5. The summed E-state index contributed by atoms with van der Waals surface area (Å²) >= 11 is 1.79. The van der Waals surface area contributed by atoms with E-state index in [9.17, 15) is 0 Å². The molecule has 0 saturated heterocycles. The summed E-state index contributed by atoms with van der Waals surface area (Å²) in [5.74, 6) is 3.16. The summed E-state index contributed by atoms with van der Waals surface area (Å²) in [6, 6.07) is 31.8. The maximum Gasteiger partial charge on any atom is 0.186 e. The Balaban J connectivity index is 1.53. The number of para-hydroxylation sites is 2. The molecule has 44 heavy (non-hydrogen) atoms. The molecule has 224 valence electrons. The molecule has 5 nitrogen and oxygen atoms in total. The van der Waals surface area contributed by atoms with Gasteiger partial charge in [-0.1, -0.05) is 98.3 Å². The van der Waals surface area contributed by atoms with Crippen LogP contribution in [-0.2, 0) is 0 Å². The normalized spacial score (nSPS) is 16.9. The Hall–Kier alpha value is -3.97. The summed E-state index contributed by atoms with van der Waals surface area (Å²) in [5.41, 5.74) is 5.94. The molecule has 5 aromatic carbocycles. The number of hydrogen-bond acceptors (Lipinski definition) is 6. The topological polar surface area (TPSA) is 45.8 Å². The molecule has 5 aromatic rings. The fraction of sp³-hybridized carbons (Fsp3) is 0.263. The van der Waals surface area contributed by atoms with Crippen molar-refractivity contribution in [3.63, 3.8) is 0 Å². The minimum atomic E-state index is -0.0983. The van der Waals surface area contributed by atoms with E-state index in [1.165, 1.54) is 34.7 Å². The van der Waals surface area contributed by atoms with Gasteiger partial charge in [0.1, 0.15) is 11.5 Å². The summed E-state index contributed by atoms with van der Waals surface area (Å²) in [5, 5.41) is 9.56. The lowest BCUT2D eigenvalue weighted by Gasteiger charge is -2.37. The predicted octanol–water partition coefficient (Wildman–Crippen LogP) is 10.4. The highest BCUT2D eigenvalue weighted by Gasteiger charge is 2.42. The molecule has 0 bridgehead atoms. The number of fused-ring (bicyclic) bond motifs is 5. The Labute approximate surface area is 264 Å². The Kier molecular flexibility index (Phi) is 7.98. The van der Waals surface area contributed by atoms with Crippen LogP contribution < -0.4 is 25.0 Å². The van der Waals surface area contributed by atoms with E-state index in [1.54, 1.807) is 11.8 Å². The minimum Gasteiger partial charge on any atom is -0.453 e. The molecule has 2 unspecified atom stereocenters. The molecule has 0 aromatic heterocycles. The lowest BCUT2D eigenvalue weighted by Crippen LogP contribution is -2.27. The van der Waals surface area contributed by atoms with Gasteiger partial charge in [0.2, 0.25) is 0 Å². The second-order valence-corrected chi connectivity index (χ2v) is 12.7. The molecule has 2 heterocycles. The average molecular weight is 602 g/mol. The number of unbranched alkanes of at least 4 members (excludes halogenated alkanes) is 2. The van der Waals surface area contributed by atoms with Crippen LogP contribution in [0.2, 0.25) is 0 Å². The van der Waals surface area contributed by atoms with E-state index in [0.717, 1.165) is 62.8 Å². The van der Waals surface area contributed by atoms with E-state index in [2.05, 4.69) is 109 Å². The van der Waals surface area contributed by atoms with Gasteiger partial charge in [0.15, 0.2) is 11.5 Å². The lowest BCUT2D eigenvalue weighted by molar-refractivity contribution is 0.397. The number of nitrogens with zero attached hydrogens (tertiary/aromatic N) is 1. The van der Waals surface area contributed by atoms with Crippen molar-refractivity contribution in [1.82, 2.24) is 10.6 Å². The molecule has 0 radical (unpaired) electrons. The minimum absolute atomic E-state index is 0.0983. The van der Waals surface area contributed by atoms with E-state index in [0.29, 0.717) is 0 Å². The standard InChI is InChI=1S/C38H39N3O2S/c1-5-6-13-23-41-28-19-10-12-22-31(28)44-37-34(41)32-25(3)40-38(39-4)33(32)35(42-29-20-11-7-15-24(29)2)36(37)43-30-21-14-17-26-16-8-9-18-27(26)30/h7-12,14-22,25,38-40H,5-6,13,23H2,1-4H3. The van der Waals surface area contributed by atoms with Crippen LogP contribution in [0.4, 0.5) is 11.4 Å². The third-order valence-corrected chi connectivity index (χ3v) is 9.88. The monoisotopic (exact) mass is 601 g/mol. The van der Waals surface area contributed by atoms with Crippen molar-refractivity contribution >= 4 is 33.9 Å². The van der Waals surface area contributed by atoms with Gasteiger partial charge in [0.25, 0.3) is 0 Å². The number of ether oxygens (including phenoxy) is 2. The van der Waals surface area contributed by atoms with Gasteiger partial charge in [-0.2, -0.15) is 0 Å². The van der Waals surface area contributed by atoms with E-state index in [4.69, 9.17) is 9.47 Å². The van der Waals surface area contributed by atoms with Crippen LogP contribution in [0.1, 0.15) is 62.0 Å². The first-order chi connectivity index (χ1) is 21.6. The van der Waals surface area contributed by atoms with E-state index < -0.39 is 0 Å². The summed E-state index contributed by atoms with van der Waals surface area (Å²) in [7, 11) is 2.00. The van der Waals surface area contributed by atoms with Gasteiger partial charge >= 0.3 is 0 Å². The van der Waals surface area contributed by atoms with Crippen LogP contribution in [0.3, 0.4) is 0 Å². The van der Waals surface area contributed by atoms with Gasteiger partial charge in [-0.25, -0.2) is 0 Å². The zero-order valence-electron chi connectivity index (χ0n) is 25.8. The highest BCUT2D eigenvalue weighted by Crippen LogP contribution is 2.62. The Morgan fingerprint density at radius 2 is 1.55 bits per heavy atom. The molecule has 6 heteroatoms.